The van der Waals surface area contributed by atoms with Crippen molar-refractivity contribution in [2.75, 3.05) is 13.2 Å². The molecule has 1 fully saturated rings. The highest BCUT2D eigenvalue weighted by Crippen LogP contribution is 2.28. The van der Waals surface area contributed by atoms with Gasteiger partial charge in [0.1, 0.15) is 6.54 Å². The number of amides is 1. The first-order chi connectivity index (χ1) is 6.72. The van der Waals surface area contributed by atoms with Crippen LogP contribution in [0.25, 0.3) is 0 Å². The summed E-state index contributed by atoms with van der Waals surface area (Å²) >= 11 is 0. The number of rotatable bonds is 5. The van der Waals surface area contributed by atoms with E-state index in [1.54, 1.807) is 6.92 Å². The van der Waals surface area contributed by atoms with Gasteiger partial charge in [0.25, 0.3) is 0 Å². The van der Waals surface area contributed by atoms with Gasteiger partial charge in [-0.25, -0.2) is 0 Å². The summed E-state index contributed by atoms with van der Waals surface area (Å²) in [5.41, 5.74) is 0. The first-order valence-electron chi connectivity index (χ1n) is 5.14. The van der Waals surface area contributed by atoms with E-state index in [1.165, 1.54) is 6.42 Å². The third kappa shape index (κ3) is 3.77. The number of esters is 1. The molecule has 0 spiro atoms. The normalized spacial score (nSPS) is 15.8. The molecule has 0 aliphatic heterocycles. The molecule has 0 saturated heterocycles. The lowest BCUT2D eigenvalue weighted by Gasteiger charge is -2.24. The van der Waals surface area contributed by atoms with Crippen LogP contribution in [0.5, 0.6) is 0 Å². The quantitative estimate of drug-likeness (QED) is 0.668. The van der Waals surface area contributed by atoms with Crippen LogP contribution in [-0.4, -0.2) is 25.0 Å². The summed E-state index contributed by atoms with van der Waals surface area (Å²) in [6.45, 7) is 2.10. The zero-order chi connectivity index (χ0) is 10.4. The second-order valence-electron chi connectivity index (χ2n) is 3.58. The van der Waals surface area contributed by atoms with Crippen molar-refractivity contribution in [2.45, 2.75) is 32.6 Å². The predicted octanol–water partition coefficient (Wildman–Crippen LogP) is 0.856. The third-order valence-electron chi connectivity index (χ3n) is 2.43. The van der Waals surface area contributed by atoms with Crippen molar-refractivity contribution in [3.63, 3.8) is 0 Å². The van der Waals surface area contributed by atoms with Gasteiger partial charge in [0.2, 0.25) is 5.91 Å². The van der Waals surface area contributed by atoms with Crippen molar-refractivity contribution < 1.29 is 14.3 Å². The maximum absolute atomic E-state index is 11.2. The van der Waals surface area contributed by atoms with E-state index in [0.29, 0.717) is 18.9 Å². The van der Waals surface area contributed by atoms with Gasteiger partial charge < -0.3 is 10.1 Å². The van der Waals surface area contributed by atoms with Crippen LogP contribution in [0.15, 0.2) is 0 Å². The maximum Gasteiger partial charge on any atom is 0.325 e. The van der Waals surface area contributed by atoms with Gasteiger partial charge in [-0.15, -0.1) is 0 Å². The second kappa shape index (κ2) is 5.62. The summed E-state index contributed by atoms with van der Waals surface area (Å²) in [5.74, 6) is 0.134. The molecule has 0 aromatic carbocycles. The van der Waals surface area contributed by atoms with Gasteiger partial charge in [-0.1, -0.05) is 6.42 Å². The standard InChI is InChI=1S/C10H17NO3/c1-2-14-10(13)7-11-9(12)6-8-4-3-5-8/h8H,2-7H2,1H3,(H,11,12). The number of hydrogen-bond donors (Lipinski definition) is 1. The zero-order valence-electron chi connectivity index (χ0n) is 8.54. The third-order valence-corrected chi connectivity index (χ3v) is 2.43. The van der Waals surface area contributed by atoms with Gasteiger partial charge in [-0.05, 0) is 25.7 Å². The van der Waals surface area contributed by atoms with Crippen LogP contribution in [0.2, 0.25) is 0 Å². The van der Waals surface area contributed by atoms with Crippen LogP contribution in [-0.2, 0) is 14.3 Å². The molecule has 0 atom stereocenters. The number of hydrogen-bond acceptors (Lipinski definition) is 3. The van der Waals surface area contributed by atoms with Crippen molar-refractivity contribution >= 4 is 11.9 Å². The van der Waals surface area contributed by atoms with E-state index in [4.69, 9.17) is 0 Å². The highest BCUT2D eigenvalue weighted by atomic mass is 16.5. The van der Waals surface area contributed by atoms with Gasteiger partial charge in [0.05, 0.1) is 6.61 Å². The molecule has 0 radical (unpaired) electrons. The molecule has 14 heavy (non-hydrogen) atoms. The highest BCUT2D eigenvalue weighted by molar-refractivity contribution is 5.82. The van der Waals surface area contributed by atoms with Gasteiger partial charge >= 0.3 is 5.97 Å². The molecule has 0 aromatic rings. The van der Waals surface area contributed by atoms with Crippen molar-refractivity contribution in [3.05, 3.63) is 0 Å². The molecule has 0 aromatic heterocycles. The summed E-state index contributed by atoms with van der Waals surface area (Å²) in [5, 5.41) is 2.55. The van der Waals surface area contributed by atoms with E-state index in [1.807, 2.05) is 0 Å². The summed E-state index contributed by atoms with van der Waals surface area (Å²) in [4.78, 5) is 22.1. The molecule has 0 heterocycles. The average Bonchev–Trinajstić information content (AvgIpc) is 2.09. The van der Waals surface area contributed by atoms with Crippen molar-refractivity contribution in [1.29, 1.82) is 0 Å². The molecule has 1 aliphatic rings. The molecule has 0 unspecified atom stereocenters. The lowest BCUT2D eigenvalue weighted by molar-refractivity contribution is -0.143. The molecule has 1 saturated carbocycles. The molecule has 4 heteroatoms. The Labute approximate surface area is 84.0 Å². The Morgan fingerprint density at radius 2 is 2.14 bits per heavy atom. The number of ether oxygens (including phenoxy) is 1. The molecule has 1 N–H and O–H groups in total. The van der Waals surface area contributed by atoms with Gasteiger partial charge in [-0.2, -0.15) is 0 Å². The van der Waals surface area contributed by atoms with E-state index in [-0.39, 0.29) is 18.4 Å². The molecule has 4 nitrogen and oxygen atoms in total. The predicted molar refractivity (Wildman–Crippen MR) is 51.6 cm³/mol. The van der Waals surface area contributed by atoms with Crippen LogP contribution < -0.4 is 5.32 Å². The van der Waals surface area contributed by atoms with E-state index < -0.39 is 0 Å². The van der Waals surface area contributed by atoms with Gasteiger partial charge in [0.15, 0.2) is 0 Å². The average molecular weight is 199 g/mol. The molecule has 80 valence electrons. The molecule has 0 bridgehead atoms. The Morgan fingerprint density at radius 1 is 1.43 bits per heavy atom. The molecular formula is C10H17NO3. The Kier molecular flexibility index (Phi) is 4.43. The number of carbonyl (C=O) groups excluding carboxylic acids is 2. The fourth-order valence-corrected chi connectivity index (χ4v) is 1.41. The van der Waals surface area contributed by atoms with Gasteiger partial charge in [0, 0.05) is 6.42 Å². The first kappa shape index (κ1) is 11.0. The molecule has 1 amide bonds. The first-order valence-corrected chi connectivity index (χ1v) is 5.14. The lowest BCUT2D eigenvalue weighted by atomic mass is 9.83. The van der Waals surface area contributed by atoms with Crippen molar-refractivity contribution in [2.24, 2.45) is 5.92 Å². The smallest absolute Gasteiger partial charge is 0.325 e. The zero-order valence-corrected chi connectivity index (χ0v) is 8.54. The van der Waals surface area contributed by atoms with Crippen LogP contribution in [0.4, 0.5) is 0 Å². The van der Waals surface area contributed by atoms with E-state index in [0.717, 1.165) is 12.8 Å². The molecular weight excluding hydrogens is 182 g/mol. The topological polar surface area (TPSA) is 55.4 Å². The van der Waals surface area contributed by atoms with Gasteiger partial charge in [-0.3, -0.25) is 9.59 Å². The minimum absolute atomic E-state index is 0.000602. The number of carbonyl (C=O) groups is 2. The van der Waals surface area contributed by atoms with Crippen molar-refractivity contribution in [1.82, 2.24) is 5.32 Å². The van der Waals surface area contributed by atoms with Crippen LogP contribution in [0.1, 0.15) is 32.6 Å². The summed E-state index contributed by atoms with van der Waals surface area (Å²) in [6, 6.07) is 0. The molecule has 1 rings (SSSR count). The van der Waals surface area contributed by atoms with Crippen molar-refractivity contribution in [3.8, 4) is 0 Å². The maximum atomic E-state index is 11.2. The minimum Gasteiger partial charge on any atom is -0.465 e. The minimum atomic E-state index is -0.366. The summed E-state index contributed by atoms with van der Waals surface area (Å²) in [7, 11) is 0. The Hall–Kier alpha value is -1.06. The lowest BCUT2D eigenvalue weighted by Crippen LogP contribution is -2.32. The SMILES string of the molecule is CCOC(=O)CNC(=O)CC1CCC1. The molecule has 1 aliphatic carbocycles. The number of nitrogens with one attached hydrogen (secondary N) is 1. The van der Waals surface area contributed by atoms with Crippen LogP contribution >= 0.6 is 0 Å². The summed E-state index contributed by atoms with van der Waals surface area (Å²) < 4.78 is 4.68. The Morgan fingerprint density at radius 3 is 2.64 bits per heavy atom. The Balaban J connectivity index is 2.04. The van der Waals surface area contributed by atoms with Crippen LogP contribution in [0, 0.1) is 5.92 Å². The fourth-order valence-electron chi connectivity index (χ4n) is 1.41. The Bertz CT molecular complexity index is 211. The van der Waals surface area contributed by atoms with E-state index >= 15 is 0 Å². The highest BCUT2D eigenvalue weighted by Gasteiger charge is 2.20. The summed E-state index contributed by atoms with van der Waals surface area (Å²) in [6.07, 6.45) is 4.08. The largest absolute Gasteiger partial charge is 0.465 e. The van der Waals surface area contributed by atoms with E-state index in [2.05, 4.69) is 10.1 Å². The second-order valence-corrected chi connectivity index (χ2v) is 3.58. The monoisotopic (exact) mass is 199 g/mol. The fraction of sp³-hybridized carbons (Fsp3) is 0.800. The van der Waals surface area contributed by atoms with E-state index in [9.17, 15) is 9.59 Å². The van der Waals surface area contributed by atoms with Crippen LogP contribution in [0.3, 0.4) is 0 Å².